The predicted molar refractivity (Wildman–Crippen MR) is 145 cm³/mol. The van der Waals surface area contributed by atoms with E-state index in [0.717, 1.165) is 44.9 Å². The van der Waals surface area contributed by atoms with Crippen LogP contribution in [0.4, 0.5) is 0 Å². The summed E-state index contributed by atoms with van der Waals surface area (Å²) in [5, 5.41) is 9.39. The van der Waals surface area contributed by atoms with Crippen molar-refractivity contribution >= 4 is 11.9 Å². The summed E-state index contributed by atoms with van der Waals surface area (Å²) in [5.41, 5.74) is 0. The molecule has 5 nitrogen and oxygen atoms in total. The standard InChI is InChI=1S/C30H58O5/c1-3-5-7-9-10-11-12-13-14-15-16-17-18-19-20-21-23-25-30(33)35-28(26-31)27-34-29(32)24-22-8-6-4-2/h28,31H,3-27H2,1-2H3. The Balaban J connectivity index is 3.45. The zero-order chi connectivity index (χ0) is 25.8. The van der Waals surface area contributed by atoms with Gasteiger partial charge in [-0.1, -0.05) is 136 Å². The summed E-state index contributed by atoms with van der Waals surface area (Å²) in [4.78, 5) is 23.7. The van der Waals surface area contributed by atoms with Crippen LogP contribution in [0.5, 0.6) is 0 Å². The minimum absolute atomic E-state index is 0.0616. The number of esters is 2. The van der Waals surface area contributed by atoms with Crippen LogP contribution < -0.4 is 0 Å². The van der Waals surface area contributed by atoms with E-state index in [1.165, 1.54) is 89.9 Å². The van der Waals surface area contributed by atoms with Crippen molar-refractivity contribution in [3.8, 4) is 0 Å². The maximum Gasteiger partial charge on any atom is 0.306 e. The molecule has 1 N–H and O–H groups in total. The second-order valence-electron chi connectivity index (χ2n) is 10.2. The lowest BCUT2D eigenvalue weighted by Gasteiger charge is -2.15. The van der Waals surface area contributed by atoms with E-state index in [-0.39, 0.29) is 25.2 Å². The molecule has 35 heavy (non-hydrogen) atoms. The lowest BCUT2D eigenvalue weighted by Crippen LogP contribution is -2.28. The molecule has 0 rings (SSSR count). The van der Waals surface area contributed by atoms with Crippen LogP contribution >= 0.6 is 0 Å². The zero-order valence-electron chi connectivity index (χ0n) is 23.3. The van der Waals surface area contributed by atoms with Crippen molar-refractivity contribution in [2.24, 2.45) is 0 Å². The monoisotopic (exact) mass is 498 g/mol. The average Bonchev–Trinajstić information content (AvgIpc) is 2.86. The van der Waals surface area contributed by atoms with Gasteiger partial charge in [-0.05, 0) is 12.8 Å². The van der Waals surface area contributed by atoms with Gasteiger partial charge in [0, 0.05) is 12.8 Å². The fourth-order valence-electron chi connectivity index (χ4n) is 4.32. The molecule has 0 aliphatic rings. The first-order valence-electron chi connectivity index (χ1n) is 15.1. The smallest absolute Gasteiger partial charge is 0.306 e. The van der Waals surface area contributed by atoms with Crippen LogP contribution in [0.15, 0.2) is 0 Å². The van der Waals surface area contributed by atoms with Gasteiger partial charge in [-0.3, -0.25) is 9.59 Å². The summed E-state index contributed by atoms with van der Waals surface area (Å²) >= 11 is 0. The van der Waals surface area contributed by atoms with Crippen LogP contribution in [-0.2, 0) is 19.1 Å². The first kappa shape index (κ1) is 33.9. The van der Waals surface area contributed by atoms with Crippen LogP contribution in [-0.4, -0.2) is 36.4 Å². The Morgan fingerprint density at radius 1 is 0.543 bits per heavy atom. The van der Waals surface area contributed by atoms with Crippen molar-refractivity contribution < 1.29 is 24.2 Å². The van der Waals surface area contributed by atoms with Crippen molar-refractivity contribution in [1.82, 2.24) is 0 Å². The van der Waals surface area contributed by atoms with Crippen LogP contribution in [0, 0.1) is 0 Å². The number of ether oxygens (including phenoxy) is 2. The molecule has 0 radical (unpaired) electrons. The van der Waals surface area contributed by atoms with Crippen LogP contribution in [0.3, 0.4) is 0 Å². The molecule has 0 saturated carbocycles. The minimum Gasteiger partial charge on any atom is -0.462 e. The highest BCUT2D eigenvalue weighted by atomic mass is 16.6. The number of aliphatic hydroxyl groups is 1. The van der Waals surface area contributed by atoms with Gasteiger partial charge >= 0.3 is 11.9 Å². The van der Waals surface area contributed by atoms with Gasteiger partial charge in [-0.2, -0.15) is 0 Å². The molecule has 0 amide bonds. The summed E-state index contributed by atoms with van der Waals surface area (Å²) < 4.78 is 10.4. The average molecular weight is 499 g/mol. The van der Waals surface area contributed by atoms with Crippen LogP contribution in [0.2, 0.25) is 0 Å². The molecule has 0 bridgehead atoms. The number of hydrogen-bond acceptors (Lipinski definition) is 5. The molecule has 0 aromatic rings. The van der Waals surface area contributed by atoms with Crippen molar-refractivity contribution in [2.75, 3.05) is 13.2 Å². The molecule has 0 aliphatic heterocycles. The summed E-state index contributed by atoms with van der Waals surface area (Å²) in [5.74, 6) is -0.604. The zero-order valence-corrected chi connectivity index (χ0v) is 23.3. The number of hydrogen-bond donors (Lipinski definition) is 1. The predicted octanol–water partition coefficient (Wildman–Crippen LogP) is 8.45. The molecule has 1 unspecified atom stereocenters. The van der Waals surface area contributed by atoms with E-state index in [9.17, 15) is 14.7 Å². The Morgan fingerprint density at radius 2 is 0.886 bits per heavy atom. The highest BCUT2D eigenvalue weighted by molar-refractivity contribution is 5.70. The van der Waals surface area contributed by atoms with Gasteiger partial charge in [-0.15, -0.1) is 0 Å². The molecule has 0 spiro atoms. The van der Waals surface area contributed by atoms with Gasteiger partial charge in [0.25, 0.3) is 0 Å². The fraction of sp³-hybridized carbons (Fsp3) is 0.933. The van der Waals surface area contributed by atoms with Gasteiger partial charge in [-0.25, -0.2) is 0 Å². The van der Waals surface area contributed by atoms with E-state index in [1.807, 2.05) is 0 Å². The molecule has 208 valence electrons. The molecule has 0 saturated heterocycles. The molecular formula is C30H58O5. The van der Waals surface area contributed by atoms with Crippen molar-refractivity contribution in [1.29, 1.82) is 0 Å². The Bertz CT molecular complexity index is 466. The molecule has 0 fully saturated rings. The lowest BCUT2D eigenvalue weighted by atomic mass is 10.0. The molecule has 1 atom stereocenters. The summed E-state index contributed by atoms with van der Waals surface area (Å²) in [6, 6.07) is 0. The van der Waals surface area contributed by atoms with Crippen LogP contribution in [0.25, 0.3) is 0 Å². The third-order valence-corrected chi connectivity index (χ3v) is 6.65. The maximum absolute atomic E-state index is 12.0. The molecule has 0 heterocycles. The van der Waals surface area contributed by atoms with Gasteiger partial charge in [0.1, 0.15) is 6.61 Å². The van der Waals surface area contributed by atoms with Gasteiger partial charge in [0.05, 0.1) is 6.61 Å². The fourth-order valence-corrected chi connectivity index (χ4v) is 4.32. The quantitative estimate of drug-likeness (QED) is 0.0908. The molecule has 0 aromatic heterocycles. The maximum atomic E-state index is 12.0. The normalized spacial score (nSPS) is 12.0. The highest BCUT2D eigenvalue weighted by Crippen LogP contribution is 2.14. The first-order valence-corrected chi connectivity index (χ1v) is 15.1. The number of unbranched alkanes of at least 4 members (excludes halogenated alkanes) is 19. The van der Waals surface area contributed by atoms with E-state index in [0.29, 0.717) is 12.8 Å². The number of aliphatic hydroxyl groups excluding tert-OH is 1. The largest absolute Gasteiger partial charge is 0.462 e. The summed E-state index contributed by atoms with van der Waals surface area (Å²) in [6.07, 6.45) is 26.3. The Kier molecular flexibility index (Phi) is 26.6. The number of rotatable bonds is 27. The molecule has 0 aromatic carbocycles. The molecule has 5 heteroatoms. The highest BCUT2D eigenvalue weighted by Gasteiger charge is 2.16. The molecule has 0 aliphatic carbocycles. The second kappa shape index (κ2) is 27.5. The number of carbonyl (C=O) groups excluding carboxylic acids is 2. The molecular weight excluding hydrogens is 440 g/mol. The van der Waals surface area contributed by atoms with Gasteiger partial charge in [0.2, 0.25) is 0 Å². The SMILES string of the molecule is CCCCCCCCCCCCCCCCCCCC(=O)OC(CO)COC(=O)CCCCCC. The number of carbonyl (C=O) groups is 2. The van der Waals surface area contributed by atoms with Crippen molar-refractivity contribution in [3.05, 3.63) is 0 Å². The van der Waals surface area contributed by atoms with Crippen LogP contribution in [0.1, 0.15) is 162 Å². The third-order valence-electron chi connectivity index (χ3n) is 6.65. The topological polar surface area (TPSA) is 72.8 Å². The summed E-state index contributed by atoms with van der Waals surface area (Å²) in [6.45, 7) is 4.01. The van der Waals surface area contributed by atoms with E-state index in [1.54, 1.807) is 0 Å². The van der Waals surface area contributed by atoms with E-state index >= 15 is 0 Å². The van der Waals surface area contributed by atoms with E-state index in [4.69, 9.17) is 9.47 Å². The van der Waals surface area contributed by atoms with E-state index < -0.39 is 6.10 Å². The Hall–Kier alpha value is -1.10. The van der Waals surface area contributed by atoms with Gasteiger partial charge < -0.3 is 14.6 Å². The minimum atomic E-state index is -0.757. The lowest BCUT2D eigenvalue weighted by molar-refractivity contribution is -0.161. The first-order chi connectivity index (χ1) is 17.1. The summed E-state index contributed by atoms with van der Waals surface area (Å²) in [7, 11) is 0. The Labute approximate surface area is 217 Å². The van der Waals surface area contributed by atoms with Crippen molar-refractivity contribution in [3.63, 3.8) is 0 Å². The second-order valence-corrected chi connectivity index (χ2v) is 10.2. The van der Waals surface area contributed by atoms with E-state index in [2.05, 4.69) is 13.8 Å². The van der Waals surface area contributed by atoms with Gasteiger partial charge in [0.15, 0.2) is 6.10 Å². The third kappa shape index (κ3) is 25.8. The van der Waals surface area contributed by atoms with Crippen molar-refractivity contribution in [2.45, 2.75) is 168 Å². The Morgan fingerprint density at radius 3 is 1.29 bits per heavy atom.